The lowest BCUT2D eigenvalue weighted by atomic mass is 9.58. The second-order valence-corrected chi connectivity index (χ2v) is 23.3. The summed E-state index contributed by atoms with van der Waals surface area (Å²) >= 11 is 1.37. The summed E-state index contributed by atoms with van der Waals surface area (Å²) in [5.41, 5.74) is 2.11. The van der Waals surface area contributed by atoms with Gasteiger partial charge < -0.3 is 24.4 Å². The van der Waals surface area contributed by atoms with Gasteiger partial charge in [-0.2, -0.15) is 18.3 Å². The van der Waals surface area contributed by atoms with Crippen molar-refractivity contribution < 1.29 is 51.4 Å². The van der Waals surface area contributed by atoms with Gasteiger partial charge in [0.05, 0.1) is 53.3 Å². The van der Waals surface area contributed by atoms with Crippen LogP contribution in [0.25, 0.3) is 32.2 Å². The molecular formula is C59H60F3N9O8S. The molecule has 3 aromatic heterocycles. The van der Waals surface area contributed by atoms with Gasteiger partial charge in [-0.05, 0) is 155 Å². The van der Waals surface area contributed by atoms with Gasteiger partial charge in [0.15, 0.2) is 16.6 Å². The molecule has 3 N–H and O–H groups in total. The average Bonchev–Trinajstić information content (AvgIpc) is 4.13. The normalized spacial score (nSPS) is 17.7. The number of piperidine rings is 2. The first-order valence-electron chi connectivity index (χ1n) is 26.7. The standard InChI is InChI=1S/C59H60F3N9O8S/c1-57(2,3)79-55(76)50-37(16-19-46(65-50)71-24-21-34-9-8-10-38(41(34)30-71)53(74)67-56-64-43-11-6-7-12-45(43)80-56)36-14-13-35(27-42(36)59(60,61)62)78-32-33-28-58(29-33)22-25-70(26-23-58)31-48(73)63-44-18-15-39-49(40-17-20-47(72)66-54(40)75)68-69(4)51(39)52(44)77-5/h6-16,18-19,27,33,40H,17,20-26,28-32H2,1-5H3,(H,63,73)(H,64,67,74)(H,66,72,75). The van der Waals surface area contributed by atoms with Crippen LogP contribution in [-0.4, -0.2) is 99.7 Å². The fourth-order valence-corrected chi connectivity index (χ4v) is 12.7. The molecular weight excluding hydrogens is 1050 g/mol. The lowest BCUT2D eigenvalue weighted by Crippen LogP contribution is -2.49. The number of fused-ring (bicyclic) bond motifs is 3. The number of hydrogen-bond donors (Lipinski definition) is 3. The van der Waals surface area contributed by atoms with E-state index in [2.05, 4.69) is 30.9 Å². The summed E-state index contributed by atoms with van der Waals surface area (Å²) in [5, 5.41) is 14.1. The number of imide groups is 1. The number of carbonyl (C=O) groups excluding carboxylic acids is 5. The first-order valence-corrected chi connectivity index (χ1v) is 27.5. The van der Waals surface area contributed by atoms with Crippen LogP contribution >= 0.6 is 11.3 Å². The van der Waals surface area contributed by atoms with Crippen molar-refractivity contribution in [2.45, 2.75) is 90.0 Å². The Bertz CT molecular complexity index is 3580. The molecule has 0 radical (unpaired) electrons. The van der Waals surface area contributed by atoms with Crippen LogP contribution in [0.5, 0.6) is 11.5 Å². The highest BCUT2D eigenvalue weighted by Gasteiger charge is 2.46. The van der Waals surface area contributed by atoms with Crippen molar-refractivity contribution in [3.8, 4) is 22.6 Å². The minimum atomic E-state index is -4.83. The number of para-hydroxylation sites is 1. The van der Waals surface area contributed by atoms with Gasteiger partial charge in [0.25, 0.3) is 5.91 Å². The van der Waals surface area contributed by atoms with Gasteiger partial charge in [-0.15, -0.1) is 0 Å². The number of aryl methyl sites for hydroxylation is 1. The van der Waals surface area contributed by atoms with Crippen LogP contribution in [-0.2, 0) is 45.3 Å². The third-order valence-corrected chi connectivity index (χ3v) is 16.6. The molecule has 0 bridgehead atoms. The Labute approximate surface area is 463 Å². The number of hydrogen-bond acceptors (Lipinski definition) is 14. The average molecular weight is 1110 g/mol. The van der Waals surface area contributed by atoms with E-state index in [1.165, 1.54) is 36.6 Å². The van der Waals surface area contributed by atoms with Crippen LogP contribution in [0.3, 0.4) is 0 Å². The van der Waals surface area contributed by atoms with E-state index in [1.54, 1.807) is 56.8 Å². The number of benzene rings is 4. The number of ether oxygens (including phenoxy) is 3. The summed E-state index contributed by atoms with van der Waals surface area (Å²) in [6.07, 6.45) is -0.302. The Hall–Kier alpha value is -7.91. The molecule has 3 fully saturated rings. The van der Waals surface area contributed by atoms with Crippen molar-refractivity contribution in [1.29, 1.82) is 0 Å². The van der Waals surface area contributed by atoms with Crippen LogP contribution in [0.15, 0.2) is 84.9 Å². The quantitative estimate of drug-likeness (QED) is 0.0729. The lowest BCUT2D eigenvalue weighted by molar-refractivity contribution is -0.137. The minimum absolute atomic E-state index is 0.0482. The Kier molecular flexibility index (Phi) is 14.4. The summed E-state index contributed by atoms with van der Waals surface area (Å²) in [6.45, 7) is 7.53. The maximum Gasteiger partial charge on any atom is 0.417 e. The number of likely N-dealkylation sites (tertiary alicyclic amines) is 1. The SMILES string of the molecule is COc1c(NC(=O)CN2CCC3(CC2)CC(COc2ccc(-c4ccc(N5CCc6cccc(C(=O)Nc7nc8ccccc8s7)c6C5)nc4C(=O)OC(C)(C)C)c(C(F)(F)F)c2)C3)ccc2c(C3CCC(=O)NC3=O)nn(C)c12. The maximum absolute atomic E-state index is 15.1. The van der Waals surface area contributed by atoms with Crippen LogP contribution in [0, 0.1) is 11.3 Å². The molecule has 11 rings (SSSR count). The van der Waals surface area contributed by atoms with E-state index < -0.39 is 35.1 Å². The lowest BCUT2D eigenvalue weighted by Gasteiger charge is -2.52. The second-order valence-electron chi connectivity index (χ2n) is 22.3. The van der Waals surface area contributed by atoms with E-state index >= 15 is 13.2 Å². The van der Waals surface area contributed by atoms with Crippen molar-refractivity contribution in [1.82, 2.24) is 30.0 Å². The molecule has 416 valence electrons. The molecule has 17 nitrogen and oxygen atoms in total. The predicted molar refractivity (Wildman–Crippen MR) is 296 cm³/mol. The van der Waals surface area contributed by atoms with Crippen LogP contribution < -0.4 is 30.3 Å². The molecule has 4 aromatic carbocycles. The number of anilines is 3. The third-order valence-electron chi connectivity index (χ3n) is 15.7. The summed E-state index contributed by atoms with van der Waals surface area (Å²) < 4.78 is 65.6. The van der Waals surface area contributed by atoms with Crippen molar-refractivity contribution >= 4 is 78.7 Å². The topological polar surface area (TPSA) is 199 Å². The third kappa shape index (κ3) is 11.0. The summed E-state index contributed by atoms with van der Waals surface area (Å²) in [7, 11) is 3.24. The first-order chi connectivity index (χ1) is 38.2. The number of pyridine rings is 1. The van der Waals surface area contributed by atoms with E-state index in [0.717, 1.165) is 53.1 Å². The van der Waals surface area contributed by atoms with Crippen LogP contribution in [0.2, 0.25) is 0 Å². The van der Waals surface area contributed by atoms with Gasteiger partial charge in [-0.1, -0.05) is 41.7 Å². The van der Waals surface area contributed by atoms with Gasteiger partial charge in [0.1, 0.15) is 22.7 Å². The molecule has 1 saturated carbocycles. The van der Waals surface area contributed by atoms with Crippen molar-refractivity contribution in [2.75, 3.05) is 55.4 Å². The maximum atomic E-state index is 15.1. The molecule has 1 aliphatic carbocycles. The number of methoxy groups -OCH3 is 1. The number of amides is 4. The number of thiazole rings is 1. The number of nitrogens with one attached hydrogen (secondary N) is 3. The number of alkyl halides is 3. The highest BCUT2D eigenvalue weighted by atomic mass is 32.1. The van der Waals surface area contributed by atoms with Crippen molar-refractivity contribution in [3.63, 3.8) is 0 Å². The van der Waals surface area contributed by atoms with Gasteiger partial charge >= 0.3 is 12.1 Å². The van der Waals surface area contributed by atoms with Crippen LogP contribution in [0.1, 0.15) is 108 Å². The molecule has 21 heteroatoms. The molecule has 3 aliphatic heterocycles. The summed E-state index contributed by atoms with van der Waals surface area (Å²) in [5.74, 6) is -1.78. The molecule has 6 heterocycles. The molecule has 1 unspecified atom stereocenters. The molecule has 2 saturated heterocycles. The minimum Gasteiger partial charge on any atom is -0.493 e. The smallest absolute Gasteiger partial charge is 0.417 e. The molecule has 4 aliphatic rings. The highest BCUT2D eigenvalue weighted by Crippen LogP contribution is 2.53. The first kappa shape index (κ1) is 54.1. The Morgan fingerprint density at radius 2 is 1.66 bits per heavy atom. The van der Waals surface area contributed by atoms with E-state index in [0.29, 0.717) is 77.0 Å². The second kappa shape index (κ2) is 21.3. The zero-order valence-electron chi connectivity index (χ0n) is 44.9. The fourth-order valence-electron chi connectivity index (χ4n) is 11.9. The highest BCUT2D eigenvalue weighted by molar-refractivity contribution is 7.22. The summed E-state index contributed by atoms with van der Waals surface area (Å²) in [4.78, 5) is 79.0. The molecule has 7 aromatic rings. The Balaban J connectivity index is 0.726. The Morgan fingerprint density at radius 3 is 2.40 bits per heavy atom. The van der Waals surface area contributed by atoms with Gasteiger partial charge in [-0.25, -0.2) is 14.8 Å². The zero-order valence-corrected chi connectivity index (χ0v) is 45.7. The largest absolute Gasteiger partial charge is 0.493 e. The number of nitrogens with zero attached hydrogens (tertiary/aromatic N) is 6. The predicted octanol–water partition coefficient (Wildman–Crippen LogP) is 10.1. The monoisotopic (exact) mass is 1110 g/mol. The molecule has 1 atom stereocenters. The van der Waals surface area contributed by atoms with E-state index in [1.807, 2.05) is 41.3 Å². The number of carbonyl (C=O) groups is 5. The Morgan fingerprint density at radius 1 is 0.887 bits per heavy atom. The molecule has 4 amide bonds. The fraction of sp³-hybridized carbons (Fsp3) is 0.390. The zero-order chi connectivity index (χ0) is 56.3. The van der Waals surface area contributed by atoms with E-state index in [9.17, 15) is 24.0 Å². The van der Waals surface area contributed by atoms with Crippen molar-refractivity contribution in [3.05, 3.63) is 119 Å². The summed E-state index contributed by atoms with van der Waals surface area (Å²) in [6, 6.07) is 23.5. The molecule has 1 spiro atoms. The van der Waals surface area contributed by atoms with Gasteiger partial charge in [-0.3, -0.25) is 39.4 Å². The van der Waals surface area contributed by atoms with E-state index in [-0.39, 0.29) is 77.7 Å². The van der Waals surface area contributed by atoms with Gasteiger partial charge in [0, 0.05) is 43.1 Å². The van der Waals surface area contributed by atoms with Crippen LogP contribution in [0.4, 0.5) is 29.8 Å². The number of aromatic nitrogens is 4. The van der Waals surface area contributed by atoms with E-state index in [4.69, 9.17) is 19.2 Å². The van der Waals surface area contributed by atoms with Crippen molar-refractivity contribution in [2.24, 2.45) is 18.4 Å². The number of halogens is 3. The number of rotatable bonds is 13. The van der Waals surface area contributed by atoms with Gasteiger partial charge in [0.2, 0.25) is 17.7 Å². The molecule has 80 heavy (non-hydrogen) atoms. The number of esters is 1.